The van der Waals surface area contributed by atoms with Crippen molar-refractivity contribution in [2.75, 3.05) is 30.0 Å². The van der Waals surface area contributed by atoms with Gasteiger partial charge in [0.25, 0.3) is 5.91 Å². The van der Waals surface area contributed by atoms with E-state index in [1.165, 1.54) is 0 Å². The van der Waals surface area contributed by atoms with Gasteiger partial charge in [0, 0.05) is 24.3 Å². The van der Waals surface area contributed by atoms with Crippen molar-refractivity contribution in [3.8, 4) is 0 Å². The van der Waals surface area contributed by atoms with Crippen LogP contribution < -0.4 is 10.2 Å². The number of hydrogen-bond acceptors (Lipinski definition) is 6. The zero-order valence-corrected chi connectivity index (χ0v) is 19.1. The number of aryl methyl sites for hydroxylation is 2. The molecule has 1 unspecified atom stereocenters. The number of carbonyl (C=O) groups is 4. The molecule has 1 fully saturated rings. The van der Waals surface area contributed by atoms with E-state index >= 15 is 0 Å². The summed E-state index contributed by atoms with van der Waals surface area (Å²) in [5, 5.41) is 2.61. The van der Waals surface area contributed by atoms with E-state index in [0.29, 0.717) is 17.9 Å². The van der Waals surface area contributed by atoms with E-state index in [9.17, 15) is 19.2 Å². The molecule has 0 saturated carbocycles. The maximum absolute atomic E-state index is 12.4. The van der Waals surface area contributed by atoms with Crippen LogP contribution in [0, 0.1) is 19.8 Å². The summed E-state index contributed by atoms with van der Waals surface area (Å²) >= 11 is 0. The van der Waals surface area contributed by atoms with Crippen LogP contribution in [0.3, 0.4) is 0 Å². The quantitative estimate of drug-likeness (QED) is 0.616. The Morgan fingerprint density at radius 3 is 2.45 bits per heavy atom. The molecule has 1 aliphatic heterocycles. The minimum atomic E-state index is -0.626. The van der Waals surface area contributed by atoms with Crippen LogP contribution in [0.4, 0.5) is 11.4 Å². The first kappa shape index (κ1) is 24.0. The average Bonchev–Trinajstić information content (AvgIpc) is 3.17. The molecule has 1 saturated heterocycles. The van der Waals surface area contributed by atoms with Gasteiger partial charge in [-0.2, -0.15) is 0 Å². The van der Waals surface area contributed by atoms with Gasteiger partial charge in [-0.1, -0.05) is 24.6 Å². The third-order valence-electron chi connectivity index (χ3n) is 5.29. The van der Waals surface area contributed by atoms with Crippen LogP contribution in [0.2, 0.25) is 0 Å². The Morgan fingerprint density at radius 1 is 1.06 bits per heavy atom. The fraction of sp³-hybridized carbons (Fsp3) is 0.360. The number of anilines is 2. The Hall–Kier alpha value is -3.68. The molecule has 1 heterocycles. The second-order valence-electron chi connectivity index (χ2n) is 8.06. The number of hydrogen-bond donors (Lipinski definition) is 1. The Kier molecular flexibility index (Phi) is 7.82. The predicted octanol–water partition coefficient (Wildman–Crippen LogP) is 3.41. The molecule has 2 aromatic carbocycles. The van der Waals surface area contributed by atoms with Crippen molar-refractivity contribution in [3.63, 3.8) is 0 Å². The van der Waals surface area contributed by atoms with Gasteiger partial charge in [-0.05, 0) is 56.2 Å². The fourth-order valence-corrected chi connectivity index (χ4v) is 3.63. The largest absolute Gasteiger partial charge is 0.462 e. The highest BCUT2D eigenvalue weighted by Gasteiger charge is 2.36. The van der Waals surface area contributed by atoms with Gasteiger partial charge < -0.3 is 19.7 Å². The number of nitrogens with zero attached hydrogens (tertiary/aromatic N) is 1. The lowest BCUT2D eigenvalue weighted by atomic mass is 10.1. The molecule has 0 bridgehead atoms. The summed E-state index contributed by atoms with van der Waals surface area (Å²) in [4.78, 5) is 50.5. The zero-order valence-electron chi connectivity index (χ0n) is 19.1. The Morgan fingerprint density at radius 2 is 1.79 bits per heavy atom. The molecule has 1 N–H and O–H groups in total. The van der Waals surface area contributed by atoms with Gasteiger partial charge >= 0.3 is 11.9 Å². The van der Waals surface area contributed by atoms with Gasteiger partial charge in [0.1, 0.15) is 0 Å². The van der Waals surface area contributed by atoms with E-state index in [2.05, 4.69) is 5.32 Å². The summed E-state index contributed by atoms with van der Waals surface area (Å²) < 4.78 is 10.2. The maximum atomic E-state index is 12.4. The van der Waals surface area contributed by atoms with Crippen LogP contribution in [0.5, 0.6) is 0 Å². The Balaban J connectivity index is 1.49. The predicted molar refractivity (Wildman–Crippen MR) is 123 cm³/mol. The number of esters is 2. The fourth-order valence-electron chi connectivity index (χ4n) is 3.63. The van der Waals surface area contributed by atoms with Crippen molar-refractivity contribution < 1.29 is 28.7 Å². The minimum Gasteiger partial charge on any atom is -0.462 e. The first-order chi connectivity index (χ1) is 15.8. The SMILES string of the molecule is CCCOC(=O)c1ccc(NC(=O)COC(=O)C2CC(=O)N(c3ccc(C)cc3C)C2)cc1. The Bertz CT molecular complexity index is 1050. The van der Waals surface area contributed by atoms with Crippen LogP contribution in [-0.2, 0) is 23.9 Å². The van der Waals surface area contributed by atoms with Gasteiger partial charge in [-0.15, -0.1) is 0 Å². The van der Waals surface area contributed by atoms with Gasteiger partial charge in [-0.3, -0.25) is 14.4 Å². The first-order valence-corrected chi connectivity index (χ1v) is 10.9. The molecule has 3 rings (SSSR count). The minimum absolute atomic E-state index is 0.0450. The third kappa shape index (κ3) is 6.19. The van der Waals surface area contributed by atoms with E-state index in [4.69, 9.17) is 9.47 Å². The van der Waals surface area contributed by atoms with Crippen molar-refractivity contribution in [3.05, 3.63) is 59.2 Å². The average molecular weight is 453 g/mol. The van der Waals surface area contributed by atoms with E-state index in [-0.39, 0.29) is 18.9 Å². The maximum Gasteiger partial charge on any atom is 0.338 e. The normalized spacial score (nSPS) is 15.3. The second-order valence-corrected chi connectivity index (χ2v) is 8.06. The summed E-state index contributed by atoms with van der Waals surface area (Å²) in [6, 6.07) is 12.0. The number of carbonyl (C=O) groups excluding carboxylic acids is 4. The molecule has 0 aliphatic carbocycles. The smallest absolute Gasteiger partial charge is 0.338 e. The van der Waals surface area contributed by atoms with Crippen LogP contribution in [-0.4, -0.2) is 43.5 Å². The first-order valence-electron chi connectivity index (χ1n) is 10.9. The molecule has 0 radical (unpaired) electrons. The molecule has 1 aliphatic rings. The molecule has 1 atom stereocenters. The van der Waals surface area contributed by atoms with Crippen LogP contribution in [0.15, 0.2) is 42.5 Å². The van der Waals surface area contributed by atoms with E-state index in [0.717, 1.165) is 23.2 Å². The van der Waals surface area contributed by atoms with Crippen LogP contribution in [0.1, 0.15) is 41.3 Å². The van der Waals surface area contributed by atoms with Gasteiger partial charge in [0.05, 0.1) is 18.1 Å². The van der Waals surface area contributed by atoms with E-state index in [1.807, 2.05) is 39.0 Å². The van der Waals surface area contributed by atoms with Crippen molar-refractivity contribution in [1.29, 1.82) is 0 Å². The molecule has 2 aromatic rings. The highest BCUT2D eigenvalue weighted by Crippen LogP contribution is 2.29. The lowest BCUT2D eigenvalue weighted by molar-refractivity contribution is -0.151. The molecule has 8 heteroatoms. The molecule has 2 amide bonds. The highest BCUT2D eigenvalue weighted by molar-refractivity contribution is 6.00. The van der Waals surface area contributed by atoms with E-state index in [1.54, 1.807) is 29.2 Å². The van der Waals surface area contributed by atoms with Gasteiger partial charge in [0.2, 0.25) is 5.91 Å². The van der Waals surface area contributed by atoms with Crippen LogP contribution >= 0.6 is 0 Å². The Labute approximate surface area is 192 Å². The van der Waals surface area contributed by atoms with Gasteiger partial charge in [-0.25, -0.2) is 4.79 Å². The lowest BCUT2D eigenvalue weighted by Gasteiger charge is -2.19. The molecule has 174 valence electrons. The third-order valence-corrected chi connectivity index (χ3v) is 5.29. The summed E-state index contributed by atoms with van der Waals surface area (Å²) in [5.41, 5.74) is 3.67. The van der Waals surface area contributed by atoms with Gasteiger partial charge in [0.15, 0.2) is 6.61 Å². The van der Waals surface area contributed by atoms with Crippen molar-refractivity contribution in [2.45, 2.75) is 33.6 Å². The summed E-state index contributed by atoms with van der Waals surface area (Å²) in [6.07, 6.45) is 0.778. The number of rotatable bonds is 8. The standard InChI is InChI=1S/C25H28N2O6/c1-4-11-32-24(30)18-6-8-20(9-7-18)26-22(28)15-33-25(31)19-13-23(29)27(14-19)21-10-5-16(2)12-17(21)3/h5-10,12,19H,4,11,13-15H2,1-3H3,(H,26,28). The molecule has 0 aromatic heterocycles. The van der Waals surface area contributed by atoms with Crippen molar-refractivity contribution in [1.82, 2.24) is 0 Å². The molecule has 33 heavy (non-hydrogen) atoms. The topological polar surface area (TPSA) is 102 Å². The summed E-state index contributed by atoms with van der Waals surface area (Å²) in [5.74, 6) is -2.30. The molecular formula is C25H28N2O6. The molecule has 0 spiro atoms. The lowest BCUT2D eigenvalue weighted by Crippen LogP contribution is -2.28. The zero-order chi connectivity index (χ0) is 24.0. The molecule has 8 nitrogen and oxygen atoms in total. The molecular weight excluding hydrogens is 424 g/mol. The van der Waals surface area contributed by atoms with Crippen molar-refractivity contribution in [2.24, 2.45) is 5.92 Å². The highest BCUT2D eigenvalue weighted by atomic mass is 16.5. The number of nitrogens with one attached hydrogen (secondary N) is 1. The second kappa shape index (κ2) is 10.8. The summed E-state index contributed by atoms with van der Waals surface area (Å²) in [7, 11) is 0. The summed E-state index contributed by atoms with van der Waals surface area (Å²) in [6.45, 7) is 5.91. The number of ether oxygens (including phenoxy) is 2. The van der Waals surface area contributed by atoms with Crippen molar-refractivity contribution >= 4 is 35.1 Å². The van der Waals surface area contributed by atoms with Crippen LogP contribution in [0.25, 0.3) is 0 Å². The van der Waals surface area contributed by atoms with E-state index < -0.39 is 30.4 Å². The number of amides is 2. The number of benzene rings is 2. The monoisotopic (exact) mass is 452 g/mol.